The first-order chi connectivity index (χ1) is 10.9. The van der Waals surface area contributed by atoms with E-state index < -0.39 is 5.91 Å². The zero-order chi connectivity index (χ0) is 17.0. The topological polar surface area (TPSA) is 69.3 Å². The third-order valence-corrected chi connectivity index (χ3v) is 3.94. The highest BCUT2D eigenvalue weighted by Crippen LogP contribution is 2.30. The lowest BCUT2D eigenvalue weighted by Gasteiger charge is -2.07. The first-order valence-electron chi connectivity index (χ1n) is 6.56. The minimum atomic E-state index is -0.492. The Balaban J connectivity index is 2.21. The number of amides is 1. The van der Waals surface area contributed by atoms with E-state index in [2.05, 4.69) is 37.2 Å². The van der Waals surface area contributed by atoms with Gasteiger partial charge in [-0.15, -0.1) is 0 Å². The van der Waals surface area contributed by atoms with Gasteiger partial charge < -0.3 is 14.6 Å². The number of hydrogen-bond donors (Lipinski definition) is 1. The van der Waals surface area contributed by atoms with Gasteiger partial charge in [0, 0.05) is 36.4 Å². The minimum absolute atomic E-state index is 0.0422. The van der Waals surface area contributed by atoms with Crippen LogP contribution in [0.25, 0.3) is 6.08 Å². The number of halogens is 2. The molecular weight excluding hydrogens is 426 g/mol. The number of rotatable bonds is 4. The molecule has 0 spiro atoms. The van der Waals surface area contributed by atoms with Crippen molar-refractivity contribution in [3.8, 4) is 6.07 Å². The van der Waals surface area contributed by atoms with Gasteiger partial charge in [-0.05, 0) is 40.2 Å². The van der Waals surface area contributed by atoms with Crippen LogP contribution in [0, 0.1) is 11.3 Å². The van der Waals surface area contributed by atoms with Crippen LogP contribution in [0.4, 0.5) is 11.6 Å². The summed E-state index contributed by atoms with van der Waals surface area (Å²) in [6, 6.07) is 10.7. The quantitative estimate of drug-likeness (QED) is 0.566. The maximum absolute atomic E-state index is 12.2. The van der Waals surface area contributed by atoms with Crippen LogP contribution < -0.4 is 10.2 Å². The number of carbonyl (C=O) groups is 1. The predicted molar refractivity (Wildman–Crippen MR) is 97.1 cm³/mol. The lowest BCUT2D eigenvalue weighted by molar-refractivity contribution is -0.112. The van der Waals surface area contributed by atoms with Crippen molar-refractivity contribution in [2.75, 3.05) is 24.3 Å². The van der Waals surface area contributed by atoms with Gasteiger partial charge >= 0.3 is 0 Å². The van der Waals surface area contributed by atoms with Crippen molar-refractivity contribution >= 4 is 55.4 Å². The smallest absolute Gasteiger partial charge is 0.266 e. The second kappa shape index (κ2) is 7.49. The molecule has 1 aromatic carbocycles. The van der Waals surface area contributed by atoms with E-state index in [1.807, 2.05) is 20.2 Å². The van der Waals surface area contributed by atoms with E-state index in [0.29, 0.717) is 17.3 Å². The van der Waals surface area contributed by atoms with Crippen LogP contribution in [-0.4, -0.2) is 20.0 Å². The molecule has 7 heteroatoms. The Morgan fingerprint density at radius 3 is 2.48 bits per heavy atom. The van der Waals surface area contributed by atoms with Crippen LogP contribution in [-0.2, 0) is 4.79 Å². The number of carbonyl (C=O) groups excluding carboxylic acids is 1. The van der Waals surface area contributed by atoms with Crippen molar-refractivity contribution in [3.05, 3.63) is 50.6 Å². The zero-order valence-corrected chi connectivity index (χ0v) is 15.6. The fourth-order valence-electron chi connectivity index (χ4n) is 1.78. The second-order valence-electron chi connectivity index (χ2n) is 4.83. The van der Waals surface area contributed by atoms with Gasteiger partial charge in [-0.2, -0.15) is 5.26 Å². The average Bonchev–Trinajstić information content (AvgIpc) is 2.88. The summed E-state index contributed by atoms with van der Waals surface area (Å²) in [6.07, 6.45) is 1.41. The molecule has 2 rings (SSSR count). The molecule has 0 aliphatic rings. The first kappa shape index (κ1) is 17.3. The predicted octanol–water partition coefficient (Wildman–Crippen LogP) is 4.42. The molecule has 0 aliphatic heterocycles. The fraction of sp³-hybridized carbons (Fsp3) is 0.125. The van der Waals surface area contributed by atoms with E-state index in [1.54, 1.807) is 35.2 Å². The molecule has 0 saturated carbocycles. The SMILES string of the molecule is CN(C)c1oc(C=C(C#N)C(=O)Nc2ccc(Br)cc2)cc1Br. The molecule has 0 saturated heterocycles. The number of nitrogens with zero attached hydrogens (tertiary/aromatic N) is 2. The molecule has 1 aromatic heterocycles. The number of hydrogen-bond acceptors (Lipinski definition) is 4. The summed E-state index contributed by atoms with van der Waals surface area (Å²) in [5.41, 5.74) is 0.563. The molecule has 118 valence electrons. The lowest BCUT2D eigenvalue weighted by atomic mass is 10.2. The molecule has 1 amide bonds. The Kier molecular flexibility index (Phi) is 5.64. The summed E-state index contributed by atoms with van der Waals surface area (Å²) < 4.78 is 7.24. The van der Waals surface area contributed by atoms with Gasteiger partial charge in [-0.1, -0.05) is 15.9 Å². The van der Waals surface area contributed by atoms with Gasteiger partial charge in [0.25, 0.3) is 5.91 Å². The van der Waals surface area contributed by atoms with Gasteiger partial charge in [0.15, 0.2) is 0 Å². The Hall–Kier alpha value is -2.04. The largest absolute Gasteiger partial charge is 0.440 e. The Bertz CT molecular complexity index is 787. The Labute approximate surface area is 150 Å². The lowest BCUT2D eigenvalue weighted by Crippen LogP contribution is -2.13. The summed E-state index contributed by atoms with van der Waals surface area (Å²) in [7, 11) is 3.67. The second-order valence-corrected chi connectivity index (χ2v) is 6.60. The summed E-state index contributed by atoms with van der Waals surface area (Å²) in [5.74, 6) is 0.540. The van der Waals surface area contributed by atoms with Crippen LogP contribution in [0.3, 0.4) is 0 Å². The maximum atomic E-state index is 12.2. The monoisotopic (exact) mass is 437 g/mol. The van der Waals surface area contributed by atoms with Crippen molar-refractivity contribution < 1.29 is 9.21 Å². The minimum Gasteiger partial charge on any atom is -0.440 e. The summed E-state index contributed by atoms with van der Waals surface area (Å²) in [5, 5.41) is 11.9. The van der Waals surface area contributed by atoms with E-state index in [0.717, 1.165) is 8.95 Å². The number of furan rings is 1. The maximum Gasteiger partial charge on any atom is 0.266 e. The van der Waals surface area contributed by atoms with Crippen molar-refractivity contribution in [3.63, 3.8) is 0 Å². The van der Waals surface area contributed by atoms with Gasteiger partial charge in [0.2, 0.25) is 5.88 Å². The molecule has 2 aromatic rings. The molecule has 1 heterocycles. The summed E-state index contributed by atoms with van der Waals surface area (Å²) >= 11 is 6.70. The number of nitriles is 1. The summed E-state index contributed by atoms with van der Waals surface area (Å²) in [6.45, 7) is 0. The third kappa shape index (κ3) is 4.47. The van der Waals surface area contributed by atoms with E-state index in [4.69, 9.17) is 4.42 Å². The molecule has 0 bridgehead atoms. The molecule has 0 aliphatic carbocycles. The third-order valence-electron chi connectivity index (χ3n) is 2.85. The fourth-order valence-corrected chi connectivity index (χ4v) is 2.70. The van der Waals surface area contributed by atoms with E-state index >= 15 is 0 Å². The normalized spacial score (nSPS) is 11.0. The first-order valence-corrected chi connectivity index (χ1v) is 8.14. The zero-order valence-electron chi connectivity index (χ0n) is 12.4. The van der Waals surface area contributed by atoms with Crippen LogP contribution in [0.2, 0.25) is 0 Å². The van der Waals surface area contributed by atoms with E-state index in [-0.39, 0.29) is 5.57 Å². The van der Waals surface area contributed by atoms with Gasteiger partial charge in [0.05, 0.1) is 4.47 Å². The van der Waals surface area contributed by atoms with Crippen LogP contribution >= 0.6 is 31.9 Å². The molecular formula is C16H13Br2N3O2. The van der Waals surface area contributed by atoms with Gasteiger partial charge in [-0.25, -0.2) is 0 Å². The average molecular weight is 439 g/mol. The van der Waals surface area contributed by atoms with Crippen molar-refractivity contribution in [2.45, 2.75) is 0 Å². The summed E-state index contributed by atoms with van der Waals surface area (Å²) in [4.78, 5) is 14.0. The van der Waals surface area contributed by atoms with Crippen molar-refractivity contribution in [1.82, 2.24) is 0 Å². The molecule has 0 fully saturated rings. The number of anilines is 2. The molecule has 0 atom stereocenters. The standard InChI is InChI=1S/C16H13Br2N3O2/c1-21(2)16-14(18)8-13(23-16)7-10(9-19)15(22)20-12-5-3-11(17)4-6-12/h3-8H,1-2H3,(H,20,22). The highest BCUT2D eigenvalue weighted by atomic mass is 79.9. The van der Waals surface area contributed by atoms with Crippen LogP contribution in [0.5, 0.6) is 0 Å². The molecule has 1 N–H and O–H groups in total. The number of benzene rings is 1. The van der Waals surface area contributed by atoms with E-state index in [9.17, 15) is 10.1 Å². The molecule has 5 nitrogen and oxygen atoms in total. The Morgan fingerprint density at radius 2 is 1.96 bits per heavy atom. The molecule has 23 heavy (non-hydrogen) atoms. The van der Waals surface area contributed by atoms with Gasteiger partial charge in [0.1, 0.15) is 17.4 Å². The van der Waals surface area contributed by atoms with Crippen molar-refractivity contribution in [1.29, 1.82) is 5.26 Å². The molecule has 0 unspecified atom stereocenters. The van der Waals surface area contributed by atoms with E-state index in [1.165, 1.54) is 6.08 Å². The Morgan fingerprint density at radius 1 is 1.30 bits per heavy atom. The molecule has 0 radical (unpaired) electrons. The number of nitrogens with one attached hydrogen (secondary N) is 1. The van der Waals surface area contributed by atoms with Crippen LogP contribution in [0.15, 0.2) is 49.3 Å². The highest BCUT2D eigenvalue weighted by Gasteiger charge is 2.14. The van der Waals surface area contributed by atoms with Crippen molar-refractivity contribution in [2.24, 2.45) is 0 Å². The van der Waals surface area contributed by atoms with Gasteiger partial charge in [-0.3, -0.25) is 4.79 Å². The van der Waals surface area contributed by atoms with Crippen LogP contribution in [0.1, 0.15) is 5.76 Å². The highest BCUT2D eigenvalue weighted by molar-refractivity contribution is 9.10.